The largest absolute Gasteiger partial charge is 0.465 e. The molecule has 2 N–H and O–H groups in total. The average molecular weight is 323 g/mol. The summed E-state index contributed by atoms with van der Waals surface area (Å²) in [5.74, 6) is -0.421. The maximum atomic E-state index is 11.4. The fraction of sp³-hybridized carbons (Fsp3) is 0.444. The van der Waals surface area contributed by atoms with Crippen LogP contribution in [0.15, 0.2) is 42.5 Å². The Bertz CT molecular complexity index is 440. The molecule has 130 valence electrons. The van der Waals surface area contributed by atoms with Crippen LogP contribution in [0.2, 0.25) is 0 Å². The topological polar surface area (TPSA) is 75.6 Å². The number of benzene rings is 1. The Labute approximate surface area is 139 Å². The van der Waals surface area contributed by atoms with Crippen LogP contribution in [0.3, 0.4) is 0 Å². The molecule has 0 saturated heterocycles. The van der Waals surface area contributed by atoms with E-state index in [1.807, 2.05) is 70.2 Å². The smallest absolute Gasteiger partial charge is 0.404 e. The van der Waals surface area contributed by atoms with E-state index in [0.29, 0.717) is 0 Å². The average Bonchev–Trinajstić information content (AvgIpc) is 2.55. The highest BCUT2D eigenvalue weighted by atomic mass is 16.5. The minimum Gasteiger partial charge on any atom is -0.465 e. The molecule has 0 fully saturated rings. The molecule has 1 aromatic rings. The number of carboxylic acid groups (broad SMARTS) is 1. The van der Waals surface area contributed by atoms with Crippen molar-refractivity contribution in [2.75, 3.05) is 0 Å². The summed E-state index contributed by atoms with van der Waals surface area (Å²) in [7, 11) is 0. The van der Waals surface area contributed by atoms with Crippen molar-refractivity contribution < 1.29 is 19.4 Å². The minimum absolute atomic E-state index is 0.0269. The summed E-state index contributed by atoms with van der Waals surface area (Å²) < 4.78 is 5.01. The molecule has 1 atom stereocenters. The van der Waals surface area contributed by atoms with Crippen molar-refractivity contribution in [1.82, 2.24) is 5.32 Å². The highest BCUT2D eigenvalue weighted by Gasteiger charge is 2.11. The molecule has 0 radical (unpaired) electrons. The number of hydrogen-bond donors (Lipinski definition) is 2. The van der Waals surface area contributed by atoms with Gasteiger partial charge in [0, 0.05) is 6.04 Å². The van der Waals surface area contributed by atoms with Crippen LogP contribution in [0.5, 0.6) is 0 Å². The normalized spacial score (nSPS) is 10.5. The van der Waals surface area contributed by atoms with E-state index in [0.717, 1.165) is 5.56 Å². The SMILES string of the molecule is C/C=C\C.CC.CC(CC(=O)OCc1ccccc1)NC(=O)O. The van der Waals surface area contributed by atoms with E-state index in [1.165, 1.54) is 0 Å². The van der Waals surface area contributed by atoms with E-state index in [2.05, 4.69) is 5.32 Å². The monoisotopic (exact) mass is 323 g/mol. The number of amides is 1. The summed E-state index contributed by atoms with van der Waals surface area (Å²) in [6.45, 7) is 9.82. The van der Waals surface area contributed by atoms with Crippen LogP contribution in [0, 0.1) is 0 Å². The lowest BCUT2D eigenvalue weighted by molar-refractivity contribution is -0.145. The molecule has 5 nitrogen and oxygen atoms in total. The van der Waals surface area contributed by atoms with Crippen molar-refractivity contribution in [3.05, 3.63) is 48.0 Å². The predicted octanol–water partition coefficient (Wildman–Crippen LogP) is 4.38. The summed E-state index contributed by atoms with van der Waals surface area (Å²) in [6.07, 6.45) is 2.88. The third-order valence-electron chi connectivity index (χ3n) is 2.42. The van der Waals surface area contributed by atoms with Crippen LogP contribution in [-0.2, 0) is 16.1 Å². The van der Waals surface area contributed by atoms with Crippen LogP contribution in [0.4, 0.5) is 4.79 Å². The predicted molar refractivity (Wildman–Crippen MR) is 93.3 cm³/mol. The molecule has 0 bridgehead atoms. The van der Waals surface area contributed by atoms with E-state index in [9.17, 15) is 9.59 Å². The van der Waals surface area contributed by atoms with E-state index >= 15 is 0 Å². The van der Waals surface area contributed by atoms with Crippen LogP contribution in [0.1, 0.15) is 46.6 Å². The Kier molecular flexibility index (Phi) is 16.1. The Balaban J connectivity index is 0. The highest BCUT2D eigenvalue weighted by Crippen LogP contribution is 2.02. The van der Waals surface area contributed by atoms with Gasteiger partial charge < -0.3 is 15.2 Å². The van der Waals surface area contributed by atoms with Gasteiger partial charge in [-0.2, -0.15) is 0 Å². The molecule has 23 heavy (non-hydrogen) atoms. The summed E-state index contributed by atoms with van der Waals surface area (Å²) >= 11 is 0. The van der Waals surface area contributed by atoms with Gasteiger partial charge in [-0.05, 0) is 26.3 Å². The van der Waals surface area contributed by atoms with Gasteiger partial charge in [-0.3, -0.25) is 4.79 Å². The van der Waals surface area contributed by atoms with Crippen LogP contribution < -0.4 is 5.32 Å². The number of hydrogen-bond acceptors (Lipinski definition) is 3. The lowest BCUT2D eigenvalue weighted by Gasteiger charge is -2.10. The zero-order valence-electron chi connectivity index (χ0n) is 14.7. The molecule has 0 aromatic heterocycles. The lowest BCUT2D eigenvalue weighted by Crippen LogP contribution is -2.33. The molecule has 1 unspecified atom stereocenters. The molecule has 0 aliphatic carbocycles. The Morgan fingerprint density at radius 1 is 1.17 bits per heavy atom. The second-order valence-electron chi connectivity index (χ2n) is 4.37. The van der Waals surface area contributed by atoms with Gasteiger partial charge in [0.2, 0.25) is 0 Å². The van der Waals surface area contributed by atoms with Gasteiger partial charge in [-0.25, -0.2) is 4.79 Å². The van der Waals surface area contributed by atoms with Crippen molar-refractivity contribution in [3.63, 3.8) is 0 Å². The number of allylic oxidation sites excluding steroid dienone is 2. The number of carbonyl (C=O) groups is 2. The molecule has 1 amide bonds. The Morgan fingerprint density at radius 2 is 1.70 bits per heavy atom. The van der Waals surface area contributed by atoms with Gasteiger partial charge >= 0.3 is 12.1 Å². The maximum absolute atomic E-state index is 11.4. The molecular formula is C18H29NO4. The van der Waals surface area contributed by atoms with Crippen molar-refractivity contribution in [3.8, 4) is 0 Å². The Hall–Kier alpha value is -2.30. The molecule has 5 heteroatoms. The van der Waals surface area contributed by atoms with Gasteiger partial charge in [0.25, 0.3) is 0 Å². The number of nitrogens with one attached hydrogen (secondary N) is 1. The van der Waals surface area contributed by atoms with Crippen LogP contribution in [0.25, 0.3) is 0 Å². The van der Waals surface area contributed by atoms with Crippen molar-refractivity contribution in [2.45, 2.75) is 53.7 Å². The second-order valence-corrected chi connectivity index (χ2v) is 4.37. The molecule has 0 aliphatic heterocycles. The number of carbonyl (C=O) groups excluding carboxylic acids is 1. The highest BCUT2D eigenvalue weighted by molar-refractivity contribution is 5.71. The Morgan fingerprint density at radius 3 is 2.13 bits per heavy atom. The number of esters is 1. The van der Waals surface area contributed by atoms with Gasteiger partial charge in [0.05, 0.1) is 6.42 Å². The fourth-order valence-corrected chi connectivity index (χ4v) is 1.31. The molecule has 0 spiro atoms. The summed E-state index contributed by atoms with van der Waals surface area (Å²) in [5.41, 5.74) is 0.902. The summed E-state index contributed by atoms with van der Waals surface area (Å²) in [5, 5.41) is 10.6. The maximum Gasteiger partial charge on any atom is 0.404 e. The third kappa shape index (κ3) is 15.9. The molecule has 1 aromatic carbocycles. The van der Waals surface area contributed by atoms with Gasteiger partial charge in [0.1, 0.15) is 6.61 Å². The standard InChI is InChI=1S/C12H15NO4.C4H8.C2H6/c1-9(13-12(15)16)7-11(14)17-8-10-5-3-2-4-6-10;1-3-4-2;1-2/h2-6,9,13H,7-8H2,1H3,(H,15,16);3-4H,1-2H3;1-2H3/b;4-3-;. The first-order chi connectivity index (χ1) is 11.0. The van der Waals surface area contributed by atoms with E-state index in [1.54, 1.807) is 6.92 Å². The van der Waals surface area contributed by atoms with Crippen molar-refractivity contribution >= 4 is 12.1 Å². The van der Waals surface area contributed by atoms with Crippen molar-refractivity contribution in [2.24, 2.45) is 0 Å². The van der Waals surface area contributed by atoms with Crippen LogP contribution >= 0.6 is 0 Å². The first-order valence-electron chi connectivity index (χ1n) is 7.75. The van der Waals surface area contributed by atoms with Crippen LogP contribution in [-0.4, -0.2) is 23.2 Å². The third-order valence-corrected chi connectivity index (χ3v) is 2.42. The first-order valence-corrected chi connectivity index (χ1v) is 7.75. The quantitative estimate of drug-likeness (QED) is 0.622. The molecule has 0 aliphatic rings. The zero-order chi connectivity index (χ0) is 18.1. The number of rotatable bonds is 5. The second kappa shape index (κ2) is 16.1. The first kappa shape index (κ1) is 23.0. The van der Waals surface area contributed by atoms with Gasteiger partial charge in [0.15, 0.2) is 0 Å². The molecular weight excluding hydrogens is 294 g/mol. The number of ether oxygens (including phenoxy) is 1. The van der Waals surface area contributed by atoms with Gasteiger partial charge in [-0.1, -0.05) is 56.3 Å². The van der Waals surface area contributed by atoms with E-state index < -0.39 is 18.1 Å². The molecule has 0 heterocycles. The van der Waals surface area contributed by atoms with E-state index in [-0.39, 0.29) is 13.0 Å². The molecule has 1 rings (SSSR count). The molecule has 0 saturated carbocycles. The summed E-state index contributed by atoms with van der Waals surface area (Å²) in [6, 6.07) is 8.86. The van der Waals surface area contributed by atoms with Gasteiger partial charge in [-0.15, -0.1) is 0 Å². The fourth-order valence-electron chi connectivity index (χ4n) is 1.31. The summed E-state index contributed by atoms with van der Waals surface area (Å²) in [4.78, 5) is 21.7. The lowest BCUT2D eigenvalue weighted by atomic mass is 10.2. The van der Waals surface area contributed by atoms with E-state index in [4.69, 9.17) is 9.84 Å². The zero-order valence-corrected chi connectivity index (χ0v) is 14.7. The van der Waals surface area contributed by atoms with Crippen molar-refractivity contribution in [1.29, 1.82) is 0 Å². The minimum atomic E-state index is -1.15.